The summed E-state index contributed by atoms with van der Waals surface area (Å²) in [5.41, 5.74) is 5.65. The molecule has 0 heterocycles. The summed E-state index contributed by atoms with van der Waals surface area (Å²) in [7, 11) is 2.00. The number of nitrogens with two attached hydrogens (primary N) is 1. The Balaban J connectivity index is 2.21. The first-order chi connectivity index (χ1) is 7.82. The van der Waals surface area contributed by atoms with Crippen LogP contribution >= 0.6 is 0 Å². The monoisotopic (exact) mass is 241 g/mol. The number of nitrogens with zero attached hydrogens (tertiary/aromatic N) is 1. The molecule has 0 aromatic rings. The molecule has 1 saturated carbocycles. The molecule has 0 atom stereocenters. The van der Waals surface area contributed by atoms with E-state index in [1.807, 2.05) is 7.05 Å². The highest BCUT2D eigenvalue weighted by molar-refractivity contribution is 5.78. The zero-order valence-electron chi connectivity index (χ0n) is 11.6. The summed E-state index contributed by atoms with van der Waals surface area (Å²) >= 11 is 0. The maximum absolute atomic E-state index is 11.8. The third-order valence-electron chi connectivity index (χ3n) is 3.62. The minimum absolute atomic E-state index is 0.100. The molecule has 1 fully saturated rings. The van der Waals surface area contributed by atoms with Crippen molar-refractivity contribution < 1.29 is 4.79 Å². The van der Waals surface area contributed by atoms with E-state index in [2.05, 4.69) is 31.0 Å². The van der Waals surface area contributed by atoms with Gasteiger partial charge in [0.15, 0.2) is 0 Å². The lowest BCUT2D eigenvalue weighted by molar-refractivity contribution is -0.123. The lowest BCUT2D eigenvalue weighted by atomic mass is 9.80. The van der Waals surface area contributed by atoms with Crippen LogP contribution in [0, 0.1) is 5.92 Å². The van der Waals surface area contributed by atoms with Crippen molar-refractivity contribution in [2.45, 2.75) is 51.6 Å². The lowest BCUT2D eigenvalue weighted by Crippen LogP contribution is -2.48. The number of amides is 1. The van der Waals surface area contributed by atoms with Gasteiger partial charge in [-0.15, -0.1) is 0 Å². The Morgan fingerprint density at radius 2 is 2.06 bits per heavy atom. The van der Waals surface area contributed by atoms with Crippen molar-refractivity contribution >= 4 is 5.91 Å². The van der Waals surface area contributed by atoms with Gasteiger partial charge in [0.25, 0.3) is 0 Å². The molecule has 0 aromatic heterocycles. The minimum Gasteiger partial charge on any atom is -0.350 e. The summed E-state index contributed by atoms with van der Waals surface area (Å²) in [6, 6.07) is 0.390. The molecule has 0 saturated heterocycles. The summed E-state index contributed by atoms with van der Waals surface area (Å²) < 4.78 is 0. The summed E-state index contributed by atoms with van der Waals surface area (Å²) in [6.45, 7) is 7.65. The third-order valence-corrected chi connectivity index (χ3v) is 3.62. The highest BCUT2D eigenvalue weighted by Gasteiger charge is 2.27. The van der Waals surface area contributed by atoms with E-state index in [1.165, 1.54) is 0 Å². The van der Waals surface area contributed by atoms with E-state index >= 15 is 0 Å². The topological polar surface area (TPSA) is 58.4 Å². The highest BCUT2D eigenvalue weighted by Crippen LogP contribution is 2.25. The van der Waals surface area contributed by atoms with Gasteiger partial charge in [0, 0.05) is 18.1 Å². The van der Waals surface area contributed by atoms with Crippen LogP contribution in [-0.4, -0.2) is 42.5 Å². The number of hydrogen-bond acceptors (Lipinski definition) is 3. The molecule has 1 aliphatic rings. The summed E-state index contributed by atoms with van der Waals surface area (Å²) in [4.78, 5) is 13.9. The van der Waals surface area contributed by atoms with Gasteiger partial charge in [-0.25, -0.2) is 0 Å². The van der Waals surface area contributed by atoms with Gasteiger partial charge < -0.3 is 11.1 Å². The van der Waals surface area contributed by atoms with Gasteiger partial charge >= 0.3 is 0 Å². The van der Waals surface area contributed by atoms with Crippen molar-refractivity contribution in [1.29, 1.82) is 0 Å². The number of hydrogen-bond donors (Lipinski definition) is 2. The second-order valence-electron chi connectivity index (χ2n) is 6.08. The van der Waals surface area contributed by atoms with Gasteiger partial charge in [-0.3, -0.25) is 9.69 Å². The number of carbonyl (C=O) groups excluding carboxylic acids is 1. The number of carbonyl (C=O) groups is 1. The molecular formula is C13H27N3O. The molecule has 0 unspecified atom stereocenters. The average Bonchev–Trinajstić information content (AvgIpc) is 2.14. The van der Waals surface area contributed by atoms with Crippen molar-refractivity contribution in [3.63, 3.8) is 0 Å². The second kappa shape index (κ2) is 5.83. The molecule has 0 aromatic carbocycles. The van der Waals surface area contributed by atoms with Crippen LogP contribution in [0.4, 0.5) is 0 Å². The first-order valence-corrected chi connectivity index (χ1v) is 6.57. The van der Waals surface area contributed by atoms with Crippen LogP contribution in [-0.2, 0) is 4.79 Å². The smallest absolute Gasteiger partial charge is 0.234 e. The molecule has 100 valence electrons. The fourth-order valence-electron chi connectivity index (χ4n) is 2.19. The molecule has 1 amide bonds. The van der Waals surface area contributed by atoms with Gasteiger partial charge in [-0.2, -0.15) is 0 Å². The molecule has 1 rings (SSSR count). The third kappa shape index (κ3) is 5.04. The van der Waals surface area contributed by atoms with Crippen molar-refractivity contribution in [2.75, 3.05) is 20.1 Å². The molecule has 4 nitrogen and oxygen atoms in total. The predicted octanol–water partition coefficient (Wildman–Crippen LogP) is 0.960. The van der Waals surface area contributed by atoms with Crippen LogP contribution in [0.15, 0.2) is 0 Å². The number of nitrogens with one attached hydrogen (secondary N) is 1. The van der Waals surface area contributed by atoms with Crippen LogP contribution in [0.1, 0.15) is 40.0 Å². The van der Waals surface area contributed by atoms with Gasteiger partial charge in [0.05, 0.1) is 6.54 Å². The zero-order chi connectivity index (χ0) is 13.1. The van der Waals surface area contributed by atoms with E-state index in [-0.39, 0.29) is 11.4 Å². The molecule has 0 radical (unpaired) electrons. The Morgan fingerprint density at radius 1 is 1.47 bits per heavy atom. The number of likely N-dealkylation sites (N-methyl/N-ethyl adjacent to an activating group) is 1. The maximum Gasteiger partial charge on any atom is 0.234 e. The Hall–Kier alpha value is -0.610. The van der Waals surface area contributed by atoms with Crippen LogP contribution in [0.5, 0.6) is 0 Å². The summed E-state index contributed by atoms with van der Waals surface area (Å²) in [5, 5.41) is 3.05. The zero-order valence-corrected chi connectivity index (χ0v) is 11.6. The lowest BCUT2D eigenvalue weighted by Gasteiger charge is -2.35. The second-order valence-corrected chi connectivity index (χ2v) is 6.08. The van der Waals surface area contributed by atoms with Crippen LogP contribution in [0.2, 0.25) is 0 Å². The SMILES string of the molecule is CCC(C)(C)NC(=O)CN(C)CC1CC(N)C1. The van der Waals surface area contributed by atoms with Crippen LogP contribution in [0.3, 0.4) is 0 Å². The Morgan fingerprint density at radius 3 is 2.53 bits per heavy atom. The quantitative estimate of drug-likeness (QED) is 0.728. The molecule has 0 spiro atoms. The molecule has 4 heteroatoms. The molecule has 0 bridgehead atoms. The Kier molecular flexibility index (Phi) is 4.95. The van der Waals surface area contributed by atoms with E-state index in [1.54, 1.807) is 0 Å². The van der Waals surface area contributed by atoms with E-state index in [4.69, 9.17) is 5.73 Å². The van der Waals surface area contributed by atoms with E-state index in [0.29, 0.717) is 18.5 Å². The van der Waals surface area contributed by atoms with Gasteiger partial charge in [0.1, 0.15) is 0 Å². The van der Waals surface area contributed by atoms with Crippen molar-refractivity contribution in [3.05, 3.63) is 0 Å². The van der Waals surface area contributed by atoms with E-state index < -0.39 is 0 Å². The van der Waals surface area contributed by atoms with Gasteiger partial charge in [-0.05, 0) is 46.1 Å². The normalized spacial score (nSPS) is 24.6. The molecule has 17 heavy (non-hydrogen) atoms. The predicted molar refractivity (Wildman–Crippen MR) is 70.7 cm³/mol. The van der Waals surface area contributed by atoms with Crippen molar-refractivity contribution in [2.24, 2.45) is 11.7 Å². The molecular weight excluding hydrogens is 214 g/mol. The average molecular weight is 241 g/mol. The number of rotatable bonds is 6. The summed E-state index contributed by atoms with van der Waals surface area (Å²) in [5.74, 6) is 0.796. The van der Waals surface area contributed by atoms with Crippen LogP contribution in [0.25, 0.3) is 0 Å². The van der Waals surface area contributed by atoms with Crippen molar-refractivity contribution in [3.8, 4) is 0 Å². The standard InChI is InChI=1S/C13H27N3O/c1-5-13(2,3)15-12(17)9-16(4)8-10-6-11(14)7-10/h10-11H,5-9,14H2,1-4H3,(H,15,17). The summed E-state index contributed by atoms with van der Waals surface area (Å²) in [6.07, 6.45) is 3.15. The Labute approximate surface area is 105 Å². The van der Waals surface area contributed by atoms with Crippen LogP contribution < -0.4 is 11.1 Å². The van der Waals surface area contributed by atoms with Gasteiger partial charge in [0.2, 0.25) is 5.91 Å². The molecule has 0 aliphatic heterocycles. The first kappa shape index (κ1) is 14.5. The fraction of sp³-hybridized carbons (Fsp3) is 0.923. The Bertz CT molecular complexity index is 259. The van der Waals surface area contributed by atoms with E-state index in [9.17, 15) is 4.79 Å². The van der Waals surface area contributed by atoms with Crippen molar-refractivity contribution in [1.82, 2.24) is 10.2 Å². The van der Waals surface area contributed by atoms with E-state index in [0.717, 1.165) is 25.8 Å². The fourth-order valence-corrected chi connectivity index (χ4v) is 2.19. The first-order valence-electron chi connectivity index (χ1n) is 6.57. The molecule has 3 N–H and O–H groups in total. The van der Waals surface area contributed by atoms with Gasteiger partial charge in [-0.1, -0.05) is 6.92 Å². The highest BCUT2D eigenvalue weighted by atomic mass is 16.2. The largest absolute Gasteiger partial charge is 0.350 e. The molecule has 1 aliphatic carbocycles. The minimum atomic E-state index is -0.100. The maximum atomic E-state index is 11.8.